The minimum absolute atomic E-state index is 0.0526. The quantitative estimate of drug-likeness (QED) is 0.878. The van der Waals surface area contributed by atoms with Crippen LogP contribution < -0.4 is 11.1 Å². The molecule has 1 aromatic carbocycles. The highest BCUT2D eigenvalue weighted by atomic mass is 79.9. The maximum Gasteiger partial charge on any atom is 0.237 e. The van der Waals surface area contributed by atoms with Gasteiger partial charge in [0, 0.05) is 4.47 Å². The van der Waals surface area contributed by atoms with Crippen molar-refractivity contribution in [2.24, 2.45) is 11.7 Å². The molecule has 0 aliphatic heterocycles. The molecule has 1 aromatic rings. The number of nitrogens with one attached hydrogen (secondary N) is 1. The fourth-order valence-corrected chi connectivity index (χ4v) is 2.35. The molecule has 0 bridgehead atoms. The molecule has 1 amide bonds. The zero-order valence-corrected chi connectivity index (χ0v) is 12.7. The fourth-order valence-electron chi connectivity index (χ4n) is 1.73. The molecule has 3 nitrogen and oxygen atoms in total. The number of amides is 1. The third kappa shape index (κ3) is 3.82. The number of rotatable bonds is 5. The van der Waals surface area contributed by atoms with Crippen LogP contribution in [0, 0.1) is 5.92 Å². The van der Waals surface area contributed by atoms with Crippen molar-refractivity contribution in [2.45, 2.75) is 39.3 Å². The van der Waals surface area contributed by atoms with Gasteiger partial charge in [0.15, 0.2) is 0 Å². The zero-order valence-electron chi connectivity index (χ0n) is 11.1. The molecule has 100 valence electrons. The van der Waals surface area contributed by atoms with Crippen LogP contribution in [0.4, 0.5) is 0 Å². The minimum Gasteiger partial charge on any atom is -0.348 e. The first-order chi connectivity index (χ1) is 8.47. The number of carbonyl (C=O) groups excluding carboxylic acids is 1. The third-order valence-corrected chi connectivity index (χ3v) is 4.01. The standard InChI is InChI=1S/C14H21BrN2O/c1-4-9(2)13(16)14(18)17-10(3)11-7-5-6-8-12(11)15/h5-10,13H,4,16H2,1-3H3,(H,17,18)/t9-,10?,13-/m0/s1. The monoisotopic (exact) mass is 312 g/mol. The van der Waals surface area contributed by atoms with Crippen molar-refractivity contribution in [3.05, 3.63) is 34.3 Å². The zero-order chi connectivity index (χ0) is 13.7. The van der Waals surface area contributed by atoms with Crippen LogP contribution in [-0.4, -0.2) is 11.9 Å². The Bertz CT molecular complexity index is 409. The van der Waals surface area contributed by atoms with Crippen molar-refractivity contribution in [3.63, 3.8) is 0 Å². The summed E-state index contributed by atoms with van der Waals surface area (Å²) in [6.45, 7) is 5.99. The van der Waals surface area contributed by atoms with Crippen LogP contribution in [-0.2, 0) is 4.79 Å². The number of hydrogen-bond donors (Lipinski definition) is 2. The molecule has 0 heterocycles. The Morgan fingerprint density at radius 1 is 1.39 bits per heavy atom. The molecule has 0 saturated carbocycles. The predicted octanol–water partition coefficient (Wildman–Crippen LogP) is 3.00. The van der Waals surface area contributed by atoms with E-state index in [1.165, 1.54) is 0 Å². The second-order valence-corrected chi connectivity index (χ2v) is 5.52. The number of carbonyl (C=O) groups is 1. The molecule has 0 spiro atoms. The van der Waals surface area contributed by atoms with Crippen LogP contribution >= 0.6 is 15.9 Å². The average molecular weight is 313 g/mol. The lowest BCUT2D eigenvalue weighted by molar-refractivity contribution is -0.124. The van der Waals surface area contributed by atoms with Crippen LogP contribution in [0.1, 0.15) is 38.8 Å². The third-order valence-electron chi connectivity index (χ3n) is 3.29. The van der Waals surface area contributed by atoms with Gasteiger partial charge < -0.3 is 11.1 Å². The minimum atomic E-state index is -0.445. The van der Waals surface area contributed by atoms with E-state index >= 15 is 0 Å². The molecule has 0 aromatic heterocycles. The number of hydrogen-bond acceptors (Lipinski definition) is 2. The van der Waals surface area contributed by atoms with E-state index in [1.54, 1.807) is 0 Å². The van der Waals surface area contributed by atoms with Crippen LogP contribution in [0.25, 0.3) is 0 Å². The van der Waals surface area contributed by atoms with E-state index in [0.717, 1.165) is 16.5 Å². The lowest BCUT2D eigenvalue weighted by Gasteiger charge is -2.22. The first kappa shape index (κ1) is 15.2. The van der Waals surface area contributed by atoms with Gasteiger partial charge in [0.05, 0.1) is 12.1 Å². The summed E-state index contributed by atoms with van der Waals surface area (Å²) in [6, 6.07) is 7.36. The molecule has 1 unspecified atom stereocenters. The van der Waals surface area contributed by atoms with Gasteiger partial charge in [0.1, 0.15) is 0 Å². The Morgan fingerprint density at radius 2 is 2.00 bits per heavy atom. The van der Waals surface area contributed by atoms with Crippen molar-refractivity contribution >= 4 is 21.8 Å². The lowest BCUT2D eigenvalue weighted by atomic mass is 9.98. The van der Waals surface area contributed by atoms with Gasteiger partial charge in [-0.2, -0.15) is 0 Å². The van der Waals surface area contributed by atoms with E-state index in [2.05, 4.69) is 21.2 Å². The van der Waals surface area contributed by atoms with Gasteiger partial charge in [-0.15, -0.1) is 0 Å². The Kier molecular flexibility index (Phi) is 5.82. The molecule has 3 N–H and O–H groups in total. The lowest BCUT2D eigenvalue weighted by Crippen LogP contribution is -2.45. The Morgan fingerprint density at radius 3 is 2.56 bits per heavy atom. The number of benzene rings is 1. The largest absolute Gasteiger partial charge is 0.348 e. The second-order valence-electron chi connectivity index (χ2n) is 4.66. The van der Waals surface area contributed by atoms with Crippen LogP contribution in [0.2, 0.25) is 0 Å². The molecule has 0 radical (unpaired) electrons. The van der Waals surface area contributed by atoms with Gasteiger partial charge in [-0.25, -0.2) is 0 Å². The van der Waals surface area contributed by atoms with Gasteiger partial charge >= 0.3 is 0 Å². The fraction of sp³-hybridized carbons (Fsp3) is 0.500. The Balaban J connectivity index is 2.68. The first-order valence-corrected chi connectivity index (χ1v) is 7.07. The summed E-state index contributed by atoms with van der Waals surface area (Å²) in [5, 5.41) is 2.96. The highest BCUT2D eigenvalue weighted by Crippen LogP contribution is 2.22. The van der Waals surface area contributed by atoms with E-state index in [4.69, 9.17) is 5.73 Å². The summed E-state index contributed by atoms with van der Waals surface area (Å²) in [4.78, 5) is 12.0. The molecular weight excluding hydrogens is 292 g/mol. The van der Waals surface area contributed by atoms with Gasteiger partial charge in [0.25, 0.3) is 0 Å². The van der Waals surface area contributed by atoms with Gasteiger partial charge in [-0.3, -0.25) is 4.79 Å². The highest BCUT2D eigenvalue weighted by molar-refractivity contribution is 9.10. The van der Waals surface area contributed by atoms with Gasteiger partial charge in [0.2, 0.25) is 5.91 Å². The molecular formula is C14H21BrN2O. The summed E-state index contributed by atoms with van der Waals surface area (Å²) in [5.41, 5.74) is 6.97. The second kappa shape index (κ2) is 6.90. The predicted molar refractivity (Wildman–Crippen MR) is 78.1 cm³/mol. The topological polar surface area (TPSA) is 55.1 Å². The molecule has 4 heteroatoms. The van der Waals surface area contributed by atoms with E-state index in [9.17, 15) is 4.79 Å². The number of halogens is 1. The first-order valence-electron chi connectivity index (χ1n) is 6.27. The van der Waals surface area contributed by atoms with E-state index < -0.39 is 6.04 Å². The van der Waals surface area contributed by atoms with Gasteiger partial charge in [-0.05, 0) is 24.5 Å². The molecule has 3 atom stereocenters. The molecule has 0 aliphatic carbocycles. The molecule has 1 rings (SSSR count). The highest BCUT2D eigenvalue weighted by Gasteiger charge is 2.21. The smallest absolute Gasteiger partial charge is 0.237 e. The summed E-state index contributed by atoms with van der Waals surface area (Å²) in [6.07, 6.45) is 0.901. The van der Waals surface area contributed by atoms with Crippen molar-refractivity contribution in [1.29, 1.82) is 0 Å². The Hall–Kier alpha value is -0.870. The summed E-state index contributed by atoms with van der Waals surface area (Å²) in [7, 11) is 0. The average Bonchev–Trinajstić information content (AvgIpc) is 2.37. The molecule has 18 heavy (non-hydrogen) atoms. The Labute approximate surface area is 117 Å². The summed E-state index contributed by atoms with van der Waals surface area (Å²) >= 11 is 3.48. The van der Waals surface area contributed by atoms with E-state index in [0.29, 0.717) is 0 Å². The number of nitrogens with two attached hydrogens (primary N) is 1. The maximum absolute atomic E-state index is 12.0. The van der Waals surface area contributed by atoms with Crippen molar-refractivity contribution in [3.8, 4) is 0 Å². The van der Waals surface area contributed by atoms with Crippen LogP contribution in [0.3, 0.4) is 0 Å². The van der Waals surface area contributed by atoms with Crippen molar-refractivity contribution in [1.82, 2.24) is 5.32 Å². The molecule has 0 saturated heterocycles. The summed E-state index contributed by atoms with van der Waals surface area (Å²) < 4.78 is 0.995. The normalized spacial score (nSPS) is 15.8. The molecule has 0 fully saturated rings. The van der Waals surface area contributed by atoms with Crippen LogP contribution in [0.5, 0.6) is 0 Å². The SMILES string of the molecule is CC[C@H](C)[C@H](N)C(=O)NC(C)c1ccccc1Br. The molecule has 0 aliphatic rings. The van der Waals surface area contributed by atoms with E-state index in [-0.39, 0.29) is 17.9 Å². The van der Waals surface area contributed by atoms with Crippen molar-refractivity contribution in [2.75, 3.05) is 0 Å². The van der Waals surface area contributed by atoms with Crippen LogP contribution in [0.15, 0.2) is 28.7 Å². The summed E-state index contributed by atoms with van der Waals surface area (Å²) in [5.74, 6) is 0.101. The van der Waals surface area contributed by atoms with Crippen molar-refractivity contribution < 1.29 is 4.79 Å². The maximum atomic E-state index is 12.0. The van der Waals surface area contributed by atoms with Gasteiger partial charge in [-0.1, -0.05) is 54.4 Å². The van der Waals surface area contributed by atoms with E-state index in [1.807, 2.05) is 45.0 Å².